The van der Waals surface area contributed by atoms with Crippen LogP contribution in [0.2, 0.25) is 10.2 Å². The number of halogens is 2. The molecule has 21 heavy (non-hydrogen) atoms. The van der Waals surface area contributed by atoms with Gasteiger partial charge < -0.3 is 10.1 Å². The highest BCUT2D eigenvalue weighted by Gasteiger charge is 2.08. The van der Waals surface area contributed by atoms with Crippen molar-refractivity contribution in [3.8, 4) is 5.75 Å². The molecule has 0 unspecified atom stereocenters. The first-order valence-electron chi connectivity index (χ1n) is 6.44. The first-order valence-corrected chi connectivity index (χ1v) is 7.19. The molecule has 1 heterocycles. The molecule has 0 spiro atoms. The van der Waals surface area contributed by atoms with Crippen molar-refractivity contribution in [2.75, 3.05) is 13.2 Å². The molecule has 4 nitrogen and oxygen atoms in total. The lowest BCUT2D eigenvalue weighted by Crippen LogP contribution is -2.25. The molecule has 1 amide bonds. The molecule has 0 fully saturated rings. The van der Waals surface area contributed by atoms with E-state index in [1.807, 2.05) is 30.3 Å². The van der Waals surface area contributed by atoms with E-state index in [4.69, 9.17) is 27.9 Å². The van der Waals surface area contributed by atoms with Crippen LogP contribution in [0.1, 0.15) is 16.8 Å². The van der Waals surface area contributed by atoms with E-state index in [2.05, 4.69) is 10.3 Å². The van der Waals surface area contributed by atoms with E-state index in [0.717, 1.165) is 5.75 Å². The largest absolute Gasteiger partial charge is 0.494 e. The first kappa shape index (κ1) is 15.6. The summed E-state index contributed by atoms with van der Waals surface area (Å²) in [7, 11) is 0. The van der Waals surface area contributed by atoms with E-state index in [1.165, 1.54) is 12.3 Å². The maximum Gasteiger partial charge on any atom is 0.252 e. The third kappa shape index (κ3) is 4.92. The van der Waals surface area contributed by atoms with Crippen LogP contribution < -0.4 is 10.1 Å². The monoisotopic (exact) mass is 324 g/mol. The van der Waals surface area contributed by atoms with Gasteiger partial charge in [0.25, 0.3) is 5.91 Å². The van der Waals surface area contributed by atoms with Gasteiger partial charge in [-0.05, 0) is 24.6 Å². The van der Waals surface area contributed by atoms with Crippen LogP contribution in [0.15, 0.2) is 42.6 Å². The molecular weight excluding hydrogens is 311 g/mol. The summed E-state index contributed by atoms with van der Waals surface area (Å²) in [6.07, 6.45) is 2.10. The number of rotatable bonds is 6. The van der Waals surface area contributed by atoms with Gasteiger partial charge in [0.1, 0.15) is 10.9 Å². The molecule has 0 radical (unpaired) electrons. The highest BCUT2D eigenvalue weighted by atomic mass is 35.5. The third-order valence-electron chi connectivity index (χ3n) is 2.68. The summed E-state index contributed by atoms with van der Waals surface area (Å²) in [5.41, 5.74) is 0.383. The van der Waals surface area contributed by atoms with Crippen LogP contribution in [0.4, 0.5) is 0 Å². The highest BCUT2D eigenvalue weighted by molar-refractivity contribution is 6.41. The lowest BCUT2D eigenvalue weighted by molar-refractivity contribution is 0.0951. The Morgan fingerprint density at radius 1 is 1.24 bits per heavy atom. The van der Waals surface area contributed by atoms with Crippen molar-refractivity contribution in [1.29, 1.82) is 0 Å². The Morgan fingerprint density at radius 3 is 2.71 bits per heavy atom. The van der Waals surface area contributed by atoms with Crippen molar-refractivity contribution >= 4 is 29.1 Å². The van der Waals surface area contributed by atoms with Crippen LogP contribution in [-0.4, -0.2) is 24.0 Å². The Morgan fingerprint density at radius 2 is 2.00 bits per heavy atom. The zero-order chi connectivity index (χ0) is 15.1. The number of hydrogen-bond donors (Lipinski definition) is 1. The van der Waals surface area contributed by atoms with Crippen LogP contribution in [0, 0.1) is 0 Å². The van der Waals surface area contributed by atoms with Gasteiger partial charge in [-0.3, -0.25) is 4.79 Å². The van der Waals surface area contributed by atoms with Gasteiger partial charge in [-0.2, -0.15) is 0 Å². The molecule has 0 aliphatic carbocycles. The zero-order valence-electron chi connectivity index (χ0n) is 11.2. The molecular formula is C15H14Cl2N2O2. The van der Waals surface area contributed by atoms with Crippen LogP contribution in [0.25, 0.3) is 0 Å². The van der Waals surface area contributed by atoms with Crippen molar-refractivity contribution in [3.63, 3.8) is 0 Å². The van der Waals surface area contributed by atoms with Gasteiger partial charge in [0, 0.05) is 12.7 Å². The van der Waals surface area contributed by atoms with Crippen molar-refractivity contribution in [3.05, 3.63) is 58.3 Å². The summed E-state index contributed by atoms with van der Waals surface area (Å²) in [4.78, 5) is 15.7. The van der Waals surface area contributed by atoms with E-state index >= 15 is 0 Å². The molecule has 0 aliphatic rings. The Hall–Kier alpha value is -1.78. The summed E-state index contributed by atoms with van der Waals surface area (Å²) in [5, 5.41) is 3.22. The van der Waals surface area contributed by atoms with E-state index in [1.54, 1.807) is 0 Å². The Balaban J connectivity index is 1.71. The van der Waals surface area contributed by atoms with Gasteiger partial charge in [0.15, 0.2) is 0 Å². The van der Waals surface area contributed by atoms with Crippen molar-refractivity contribution < 1.29 is 9.53 Å². The van der Waals surface area contributed by atoms with Crippen LogP contribution in [-0.2, 0) is 0 Å². The number of para-hydroxylation sites is 1. The summed E-state index contributed by atoms with van der Waals surface area (Å²) in [6, 6.07) is 11.0. The number of nitrogens with one attached hydrogen (secondary N) is 1. The average Bonchev–Trinajstić information content (AvgIpc) is 2.50. The van der Waals surface area contributed by atoms with Gasteiger partial charge >= 0.3 is 0 Å². The first-order chi connectivity index (χ1) is 10.2. The normalized spacial score (nSPS) is 10.2. The Kier molecular flexibility index (Phi) is 5.84. The summed E-state index contributed by atoms with van der Waals surface area (Å²) < 4.78 is 5.53. The predicted molar refractivity (Wildman–Crippen MR) is 83.1 cm³/mol. The van der Waals surface area contributed by atoms with Crippen molar-refractivity contribution in [2.24, 2.45) is 0 Å². The second-order valence-electron chi connectivity index (χ2n) is 4.27. The van der Waals surface area contributed by atoms with E-state index in [0.29, 0.717) is 25.1 Å². The fourth-order valence-corrected chi connectivity index (χ4v) is 1.90. The molecule has 1 aromatic carbocycles. The zero-order valence-corrected chi connectivity index (χ0v) is 12.7. The summed E-state index contributed by atoms with van der Waals surface area (Å²) >= 11 is 11.5. The molecule has 1 N–H and O–H groups in total. The molecule has 0 saturated carbocycles. The molecule has 6 heteroatoms. The number of hydrogen-bond acceptors (Lipinski definition) is 3. The third-order valence-corrected chi connectivity index (χ3v) is 3.36. The Bertz CT molecular complexity index is 606. The van der Waals surface area contributed by atoms with Crippen LogP contribution in [0.5, 0.6) is 5.75 Å². The predicted octanol–water partition coefficient (Wildman–Crippen LogP) is 3.59. The maximum atomic E-state index is 11.8. The minimum absolute atomic E-state index is 0.185. The summed E-state index contributed by atoms with van der Waals surface area (Å²) in [5.74, 6) is 0.582. The fraction of sp³-hybridized carbons (Fsp3) is 0.200. The average molecular weight is 325 g/mol. The van der Waals surface area contributed by atoms with E-state index in [-0.39, 0.29) is 16.1 Å². The van der Waals surface area contributed by atoms with Crippen LogP contribution in [0.3, 0.4) is 0 Å². The van der Waals surface area contributed by atoms with Crippen LogP contribution >= 0.6 is 23.2 Å². The number of carbonyl (C=O) groups is 1. The molecule has 0 saturated heterocycles. The molecule has 0 bridgehead atoms. The quantitative estimate of drug-likeness (QED) is 0.652. The molecule has 0 atom stereocenters. The molecule has 110 valence electrons. The smallest absolute Gasteiger partial charge is 0.252 e. The maximum absolute atomic E-state index is 11.8. The minimum Gasteiger partial charge on any atom is -0.494 e. The SMILES string of the molecule is O=C(NCCCOc1ccccc1)c1cnc(Cl)c(Cl)c1. The number of nitrogens with zero attached hydrogens (tertiary/aromatic N) is 1. The van der Waals surface area contributed by atoms with Gasteiger partial charge in [0.05, 0.1) is 17.2 Å². The van der Waals surface area contributed by atoms with Crippen molar-refractivity contribution in [2.45, 2.75) is 6.42 Å². The van der Waals surface area contributed by atoms with Gasteiger partial charge in [-0.25, -0.2) is 4.98 Å². The number of carbonyl (C=O) groups excluding carboxylic acids is 1. The highest BCUT2D eigenvalue weighted by Crippen LogP contribution is 2.19. The van der Waals surface area contributed by atoms with Gasteiger partial charge in [0.2, 0.25) is 0 Å². The number of amides is 1. The fourth-order valence-electron chi connectivity index (χ4n) is 1.63. The number of benzene rings is 1. The molecule has 2 aromatic rings. The van der Waals surface area contributed by atoms with E-state index in [9.17, 15) is 4.79 Å². The molecule has 0 aliphatic heterocycles. The number of aromatic nitrogens is 1. The Labute approximate surface area is 133 Å². The number of ether oxygens (including phenoxy) is 1. The minimum atomic E-state index is -0.235. The number of pyridine rings is 1. The topological polar surface area (TPSA) is 51.2 Å². The second kappa shape index (κ2) is 7.86. The van der Waals surface area contributed by atoms with Gasteiger partial charge in [-0.1, -0.05) is 41.4 Å². The van der Waals surface area contributed by atoms with Gasteiger partial charge in [-0.15, -0.1) is 0 Å². The van der Waals surface area contributed by atoms with E-state index < -0.39 is 0 Å². The lowest BCUT2D eigenvalue weighted by Gasteiger charge is -2.07. The second-order valence-corrected chi connectivity index (χ2v) is 5.03. The molecule has 1 aromatic heterocycles. The standard InChI is InChI=1S/C15H14Cl2N2O2/c16-13-9-11(10-19-14(13)17)15(20)18-7-4-8-21-12-5-2-1-3-6-12/h1-3,5-6,9-10H,4,7-8H2,(H,18,20). The summed E-state index contributed by atoms with van der Waals surface area (Å²) in [6.45, 7) is 1.04. The van der Waals surface area contributed by atoms with Crippen molar-refractivity contribution in [1.82, 2.24) is 10.3 Å². The molecule has 2 rings (SSSR count). The lowest BCUT2D eigenvalue weighted by atomic mass is 10.2.